The molecule has 0 saturated carbocycles. The van der Waals surface area contributed by atoms with Crippen LogP contribution in [-0.2, 0) is 22.7 Å². The predicted molar refractivity (Wildman–Crippen MR) is 145 cm³/mol. The number of amides is 2. The molecule has 11 heteroatoms. The SMILES string of the molecule is CCn1c(CNC(=O)C=Cc2ccc(OC)c(OC)c2)nnc1SCC(=O)Nc1ccc(I)cc1. The van der Waals surface area contributed by atoms with Gasteiger partial charge in [-0.1, -0.05) is 17.8 Å². The number of hydrogen-bond donors (Lipinski definition) is 2. The number of nitrogens with one attached hydrogen (secondary N) is 2. The number of halogens is 1. The minimum absolute atomic E-state index is 0.128. The van der Waals surface area contributed by atoms with Crippen LogP contribution in [0.5, 0.6) is 11.5 Å². The Hall–Kier alpha value is -3.06. The average Bonchev–Trinajstić information content (AvgIpc) is 3.27. The van der Waals surface area contributed by atoms with Crippen LogP contribution in [0.15, 0.2) is 53.7 Å². The van der Waals surface area contributed by atoms with Gasteiger partial charge in [0.1, 0.15) is 0 Å². The van der Waals surface area contributed by atoms with E-state index in [9.17, 15) is 9.59 Å². The summed E-state index contributed by atoms with van der Waals surface area (Å²) in [5.41, 5.74) is 1.55. The number of carbonyl (C=O) groups is 2. The Morgan fingerprint density at radius 1 is 1.09 bits per heavy atom. The number of aromatic nitrogens is 3. The standard InChI is InChI=1S/C24H26IN5O4S/c1-4-30-21(14-26-22(31)12-6-16-5-11-19(33-2)20(13-16)34-3)28-29-24(30)35-15-23(32)27-18-9-7-17(25)8-10-18/h5-13H,4,14-15H2,1-3H3,(H,26,31)(H,27,32). The number of nitrogens with zero attached hydrogens (tertiary/aromatic N) is 3. The molecule has 1 heterocycles. The van der Waals surface area contributed by atoms with Crippen LogP contribution >= 0.6 is 34.4 Å². The van der Waals surface area contributed by atoms with Crippen molar-refractivity contribution in [1.82, 2.24) is 20.1 Å². The molecule has 0 aliphatic carbocycles. The van der Waals surface area contributed by atoms with Gasteiger partial charge < -0.3 is 24.7 Å². The maximum Gasteiger partial charge on any atom is 0.244 e. The predicted octanol–water partition coefficient (Wildman–Crippen LogP) is 3.98. The summed E-state index contributed by atoms with van der Waals surface area (Å²) in [6.07, 6.45) is 3.13. The molecule has 35 heavy (non-hydrogen) atoms. The topological polar surface area (TPSA) is 107 Å². The van der Waals surface area contributed by atoms with Gasteiger partial charge in [0.25, 0.3) is 0 Å². The fraction of sp³-hybridized carbons (Fsp3) is 0.250. The first-order valence-electron chi connectivity index (χ1n) is 10.7. The Labute approximate surface area is 221 Å². The lowest BCUT2D eigenvalue weighted by atomic mass is 10.2. The third kappa shape index (κ3) is 7.72. The number of hydrogen-bond acceptors (Lipinski definition) is 7. The zero-order valence-corrected chi connectivity index (χ0v) is 22.6. The second-order valence-corrected chi connectivity index (χ2v) is 9.34. The van der Waals surface area contributed by atoms with E-state index in [1.54, 1.807) is 32.4 Å². The van der Waals surface area contributed by atoms with Gasteiger partial charge in [-0.3, -0.25) is 9.59 Å². The van der Waals surface area contributed by atoms with Gasteiger partial charge in [-0.2, -0.15) is 0 Å². The molecule has 1 aromatic heterocycles. The summed E-state index contributed by atoms with van der Waals surface area (Å²) >= 11 is 3.51. The highest BCUT2D eigenvalue weighted by Crippen LogP contribution is 2.28. The van der Waals surface area contributed by atoms with Crippen LogP contribution in [-0.4, -0.2) is 46.6 Å². The summed E-state index contributed by atoms with van der Waals surface area (Å²) in [7, 11) is 3.13. The minimum atomic E-state index is -0.267. The molecule has 0 bridgehead atoms. The summed E-state index contributed by atoms with van der Waals surface area (Å²) in [6, 6.07) is 13.0. The molecule has 0 atom stereocenters. The first-order valence-corrected chi connectivity index (χ1v) is 12.8. The van der Waals surface area contributed by atoms with E-state index >= 15 is 0 Å². The number of anilines is 1. The highest BCUT2D eigenvalue weighted by atomic mass is 127. The van der Waals surface area contributed by atoms with Crippen molar-refractivity contribution >= 4 is 57.9 Å². The molecule has 2 amide bonds. The summed E-state index contributed by atoms with van der Waals surface area (Å²) in [5, 5.41) is 14.7. The van der Waals surface area contributed by atoms with E-state index < -0.39 is 0 Å². The zero-order valence-electron chi connectivity index (χ0n) is 19.6. The summed E-state index contributed by atoms with van der Waals surface area (Å²) in [4.78, 5) is 24.6. The van der Waals surface area contributed by atoms with Crippen molar-refractivity contribution in [2.75, 3.05) is 25.3 Å². The Balaban J connectivity index is 1.53. The van der Waals surface area contributed by atoms with E-state index in [1.165, 1.54) is 17.8 Å². The lowest BCUT2D eigenvalue weighted by molar-refractivity contribution is -0.116. The monoisotopic (exact) mass is 607 g/mol. The fourth-order valence-corrected chi connectivity index (χ4v) is 4.27. The molecule has 0 fully saturated rings. The van der Waals surface area contributed by atoms with Crippen molar-refractivity contribution in [3.05, 3.63) is 63.5 Å². The molecule has 0 unspecified atom stereocenters. The Morgan fingerprint density at radius 2 is 1.83 bits per heavy atom. The van der Waals surface area contributed by atoms with Crippen LogP contribution in [0.1, 0.15) is 18.3 Å². The minimum Gasteiger partial charge on any atom is -0.493 e. The average molecular weight is 607 g/mol. The molecule has 0 saturated heterocycles. The molecule has 0 spiro atoms. The quantitative estimate of drug-likeness (QED) is 0.193. The number of ether oxygens (including phenoxy) is 2. The molecule has 0 radical (unpaired) electrons. The molecular formula is C24H26IN5O4S. The first kappa shape index (κ1) is 26.5. The lowest BCUT2D eigenvalue weighted by Gasteiger charge is -2.08. The van der Waals surface area contributed by atoms with Crippen LogP contribution in [0.4, 0.5) is 5.69 Å². The molecule has 2 N–H and O–H groups in total. The van der Waals surface area contributed by atoms with Gasteiger partial charge in [-0.15, -0.1) is 10.2 Å². The van der Waals surface area contributed by atoms with Crippen molar-refractivity contribution in [3.8, 4) is 11.5 Å². The van der Waals surface area contributed by atoms with Crippen LogP contribution in [0.25, 0.3) is 6.08 Å². The van der Waals surface area contributed by atoms with Crippen molar-refractivity contribution in [2.45, 2.75) is 25.2 Å². The molecule has 0 aliphatic heterocycles. The van der Waals surface area contributed by atoms with E-state index in [1.807, 2.05) is 41.8 Å². The number of methoxy groups -OCH3 is 2. The third-order valence-electron chi connectivity index (χ3n) is 4.83. The number of benzene rings is 2. The van der Waals surface area contributed by atoms with Gasteiger partial charge in [-0.25, -0.2) is 0 Å². The van der Waals surface area contributed by atoms with Crippen LogP contribution in [0.2, 0.25) is 0 Å². The molecule has 3 rings (SSSR count). The van der Waals surface area contributed by atoms with E-state index in [2.05, 4.69) is 43.4 Å². The zero-order chi connectivity index (χ0) is 25.2. The summed E-state index contributed by atoms with van der Waals surface area (Å²) < 4.78 is 13.5. The molecule has 3 aromatic rings. The fourth-order valence-electron chi connectivity index (χ4n) is 3.09. The van der Waals surface area contributed by atoms with Gasteiger partial charge in [0, 0.05) is 21.9 Å². The van der Waals surface area contributed by atoms with Crippen LogP contribution < -0.4 is 20.1 Å². The van der Waals surface area contributed by atoms with E-state index in [-0.39, 0.29) is 24.1 Å². The van der Waals surface area contributed by atoms with Gasteiger partial charge in [0.15, 0.2) is 22.5 Å². The van der Waals surface area contributed by atoms with Crippen molar-refractivity contribution in [3.63, 3.8) is 0 Å². The van der Waals surface area contributed by atoms with Crippen molar-refractivity contribution < 1.29 is 19.1 Å². The molecule has 0 aliphatic rings. The van der Waals surface area contributed by atoms with Gasteiger partial charge >= 0.3 is 0 Å². The largest absolute Gasteiger partial charge is 0.493 e. The number of thioether (sulfide) groups is 1. The maximum atomic E-state index is 12.3. The number of carbonyl (C=O) groups excluding carboxylic acids is 2. The second-order valence-electron chi connectivity index (χ2n) is 7.15. The molecule has 184 valence electrons. The van der Waals surface area contributed by atoms with E-state index in [0.717, 1.165) is 14.8 Å². The van der Waals surface area contributed by atoms with Crippen LogP contribution in [0.3, 0.4) is 0 Å². The Bertz CT molecular complexity index is 1200. The first-order chi connectivity index (χ1) is 16.9. The Morgan fingerprint density at radius 3 is 2.51 bits per heavy atom. The maximum absolute atomic E-state index is 12.3. The molecular weight excluding hydrogens is 581 g/mol. The molecule has 9 nitrogen and oxygen atoms in total. The second kappa shape index (κ2) is 13.1. The third-order valence-corrected chi connectivity index (χ3v) is 6.51. The van der Waals surface area contributed by atoms with Crippen molar-refractivity contribution in [2.24, 2.45) is 0 Å². The highest BCUT2D eigenvalue weighted by Gasteiger charge is 2.14. The summed E-state index contributed by atoms with van der Waals surface area (Å²) in [6.45, 7) is 2.79. The van der Waals surface area contributed by atoms with Gasteiger partial charge in [-0.05, 0) is 77.6 Å². The lowest BCUT2D eigenvalue weighted by Crippen LogP contribution is -2.22. The van der Waals surface area contributed by atoms with E-state index in [4.69, 9.17) is 9.47 Å². The molecule has 2 aromatic carbocycles. The summed E-state index contributed by atoms with van der Waals surface area (Å²) in [5.74, 6) is 1.62. The highest BCUT2D eigenvalue weighted by molar-refractivity contribution is 14.1. The number of rotatable bonds is 11. The Kier molecular flexibility index (Phi) is 9.97. The normalized spacial score (nSPS) is 10.9. The van der Waals surface area contributed by atoms with Crippen LogP contribution in [0, 0.1) is 3.57 Å². The smallest absolute Gasteiger partial charge is 0.244 e. The van der Waals surface area contributed by atoms with Gasteiger partial charge in [0.05, 0.1) is 26.5 Å². The van der Waals surface area contributed by atoms with Gasteiger partial charge in [0.2, 0.25) is 11.8 Å². The van der Waals surface area contributed by atoms with E-state index in [0.29, 0.717) is 29.0 Å². The van der Waals surface area contributed by atoms with Crippen molar-refractivity contribution in [1.29, 1.82) is 0 Å².